The van der Waals surface area contributed by atoms with Crippen LogP contribution in [0.25, 0.3) is 0 Å². The molecule has 3 atom stereocenters. The van der Waals surface area contributed by atoms with E-state index < -0.39 is 0 Å². The van der Waals surface area contributed by atoms with Crippen LogP contribution in [0.2, 0.25) is 0 Å². The van der Waals surface area contributed by atoms with Crippen molar-refractivity contribution < 1.29 is 0 Å². The Morgan fingerprint density at radius 2 is 2.14 bits per heavy atom. The Balaban J connectivity index is 1.99. The summed E-state index contributed by atoms with van der Waals surface area (Å²) in [6, 6.07) is 0.754. The fourth-order valence-corrected chi connectivity index (χ4v) is 2.95. The van der Waals surface area contributed by atoms with Gasteiger partial charge in [0.05, 0.1) is 0 Å². The fraction of sp³-hybridized carbons (Fsp3) is 1.00. The van der Waals surface area contributed by atoms with Crippen molar-refractivity contribution in [2.45, 2.75) is 25.8 Å². The molecule has 3 heteroatoms. The molecule has 0 spiro atoms. The van der Waals surface area contributed by atoms with Crippen LogP contribution < -0.4 is 5.73 Å². The first-order chi connectivity index (χ1) is 6.83. The highest BCUT2D eigenvalue weighted by Gasteiger charge is 2.32. The zero-order chi connectivity index (χ0) is 9.97. The van der Waals surface area contributed by atoms with Gasteiger partial charge in [-0.3, -0.25) is 4.90 Å². The van der Waals surface area contributed by atoms with Crippen molar-refractivity contribution in [1.29, 1.82) is 0 Å². The molecular formula is C11H23N3. The maximum absolute atomic E-state index is 5.67. The van der Waals surface area contributed by atoms with Crippen LogP contribution in [0.5, 0.6) is 0 Å². The standard InChI is InChI=1S/C11H23N3/c1-2-11-9-13-5-3-10(7-13)8-14(11)6-4-12/h10-11H,2-9,12H2,1H3. The van der Waals surface area contributed by atoms with Gasteiger partial charge in [0.15, 0.2) is 0 Å². The molecule has 2 saturated heterocycles. The summed E-state index contributed by atoms with van der Waals surface area (Å²) in [6.07, 6.45) is 2.67. The number of nitrogens with two attached hydrogens (primary N) is 1. The molecule has 2 rings (SSSR count). The van der Waals surface area contributed by atoms with Crippen molar-refractivity contribution in [3.05, 3.63) is 0 Å². The van der Waals surface area contributed by atoms with Gasteiger partial charge in [-0.1, -0.05) is 6.92 Å². The molecule has 2 fully saturated rings. The van der Waals surface area contributed by atoms with Crippen molar-refractivity contribution in [2.75, 3.05) is 39.3 Å². The smallest absolute Gasteiger partial charge is 0.0221 e. The third-order valence-electron chi connectivity index (χ3n) is 3.74. The number of fused-ring (bicyclic) bond motifs is 2. The average Bonchev–Trinajstić information content (AvgIpc) is 2.52. The molecule has 0 saturated carbocycles. The molecule has 3 nitrogen and oxygen atoms in total. The molecule has 2 aliphatic rings. The first-order valence-corrected chi connectivity index (χ1v) is 6.00. The molecule has 2 bridgehead atoms. The lowest BCUT2D eigenvalue weighted by atomic mass is 10.1. The monoisotopic (exact) mass is 197 g/mol. The summed E-state index contributed by atoms with van der Waals surface area (Å²) in [6.45, 7) is 9.41. The van der Waals surface area contributed by atoms with Gasteiger partial charge in [-0.15, -0.1) is 0 Å². The molecule has 0 aromatic heterocycles. The minimum atomic E-state index is 0.754. The quantitative estimate of drug-likeness (QED) is 0.709. The molecule has 14 heavy (non-hydrogen) atoms. The Hall–Kier alpha value is -0.120. The molecule has 2 heterocycles. The van der Waals surface area contributed by atoms with Gasteiger partial charge < -0.3 is 10.6 Å². The van der Waals surface area contributed by atoms with Gasteiger partial charge in [0.2, 0.25) is 0 Å². The van der Waals surface area contributed by atoms with Gasteiger partial charge in [0.25, 0.3) is 0 Å². The molecule has 0 aliphatic carbocycles. The SMILES string of the molecule is CCC1CN2CCC(C2)CN1CCN. The molecule has 0 aromatic carbocycles. The Bertz CT molecular complexity index is 183. The molecule has 2 aliphatic heterocycles. The van der Waals surface area contributed by atoms with Gasteiger partial charge in [-0.2, -0.15) is 0 Å². The maximum atomic E-state index is 5.67. The van der Waals surface area contributed by atoms with E-state index in [0.29, 0.717) is 0 Å². The van der Waals surface area contributed by atoms with E-state index in [1.165, 1.54) is 39.0 Å². The molecule has 82 valence electrons. The van der Waals surface area contributed by atoms with E-state index in [1.807, 2.05) is 0 Å². The minimum absolute atomic E-state index is 0.754. The fourth-order valence-electron chi connectivity index (χ4n) is 2.95. The van der Waals surface area contributed by atoms with Crippen LogP contribution in [0.3, 0.4) is 0 Å². The zero-order valence-corrected chi connectivity index (χ0v) is 9.28. The maximum Gasteiger partial charge on any atom is 0.0221 e. The van der Waals surface area contributed by atoms with E-state index in [0.717, 1.165) is 25.0 Å². The predicted octanol–water partition coefficient (Wildman–Crippen LogP) is 0.361. The van der Waals surface area contributed by atoms with Crippen molar-refractivity contribution in [3.63, 3.8) is 0 Å². The lowest BCUT2D eigenvalue weighted by Gasteiger charge is -2.32. The van der Waals surface area contributed by atoms with E-state index in [2.05, 4.69) is 16.7 Å². The molecule has 2 N–H and O–H groups in total. The van der Waals surface area contributed by atoms with Crippen LogP contribution in [-0.4, -0.2) is 55.1 Å². The molecular weight excluding hydrogens is 174 g/mol. The van der Waals surface area contributed by atoms with E-state index in [1.54, 1.807) is 0 Å². The van der Waals surface area contributed by atoms with Crippen molar-refractivity contribution in [2.24, 2.45) is 11.7 Å². The largest absolute Gasteiger partial charge is 0.329 e. The highest BCUT2D eigenvalue weighted by atomic mass is 15.3. The van der Waals surface area contributed by atoms with Crippen LogP contribution in [0, 0.1) is 5.92 Å². The highest BCUT2D eigenvalue weighted by molar-refractivity contribution is 4.87. The lowest BCUT2D eigenvalue weighted by molar-refractivity contribution is 0.159. The summed E-state index contributed by atoms with van der Waals surface area (Å²) in [5.74, 6) is 0.915. The number of hydrogen-bond acceptors (Lipinski definition) is 3. The second kappa shape index (κ2) is 4.60. The second-order valence-electron chi connectivity index (χ2n) is 4.76. The van der Waals surface area contributed by atoms with Crippen LogP contribution >= 0.6 is 0 Å². The Kier molecular flexibility index (Phi) is 3.42. The number of rotatable bonds is 3. The van der Waals surface area contributed by atoms with Gasteiger partial charge in [-0.05, 0) is 25.3 Å². The Morgan fingerprint density at radius 3 is 2.86 bits per heavy atom. The molecule has 3 unspecified atom stereocenters. The van der Waals surface area contributed by atoms with E-state index >= 15 is 0 Å². The third-order valence-corrected chi connectivity index (χ3v) is 3.74. The summed E-state index contributed by atoms with van der Waals surface area (Å²) < 4.78 is 0. The summed E-state index contributed by atoms with van der Waals surface area (Å²) in [4.78, 5) is 5.25. The molecule has 0 radical (unpaired) electrons. The Labute approximate surface area is 87.2 Å². The van der Waals surface area contributed by atoms with Crippen molar-refractivity contribution in [1.82, 2.24) is 9.80 Å². The van der Waals surface area contributed by atoms with E-state index in [9.17, 15) is 0 Å². The van der Waals surface area contributed by atoms with Gasteiger partial charge in [0.1, 0.15) is 0 Å². The highest BCUT2D eigenvalue weighted by Crippen LogP contribution is 2.24. The van der Waals surface area contributed by atoms with Crippen molar-refractivity contribution in [3.8, 4) is 0 Å². The predicted molar refractivity (Wildman–Crippen MR) is 59.3 cm³/mol. The van der Waals surface area contributed by atoms with E-state index in [4.69, 9.17) is 5.73 Å². The van der Waals surface area contributed by atoms with Gasteiger partial charge in [-0.25, -0.2) is 0 Å². The average molecular weight is 197 g/mol. The first-order valence-electron chi connectivity index (χ1n) is 6.00. The third kappa shape index (κ3) is 2.10. The summed E-state index contributed by atoms with van der Waals surface area (Å²) >= 11 is 0. The van der Waals surface area contributed by atoms with E-state index in [-0.39, 0.29) is 0 Å². The summed E-state index contributed by atoms with van der Waals surface area (Å²) in [5.41, 5.74) is 5.67. The minimum Gasteiger partial charge on any atom is -0.329 e. The van der Waals surface area contributed by atoms with Crippen LogP contribution in [-0.2, 0) is 0 Å². The van der Waals surface area contributed by atoms with Crippen molar-refractivity contribution >= 4 is 0 Å². The molecule has 0 aromatic rings. The first kappa shape index (κ1) is 10.4. The number of nitrogens with zero attached hydrogens (tertiary/aromatic N) is 2. The topological polar surface area (TPSA) is 32.5 Å². The number of hydrogen-bond donors (Lipinski definition) is 1. The van der Waals surface area contributed by atoms with Crippen LogP contribution in [0.15, 0.2) is 0 Å². The molecule has 0 amide bonds. The van der Waals surface area contributed by atoms with Crippen LogP contribution in [0.1, 0.15) is 19.8 Å². The zero-order valence-electron chi connectivity index (χ0n) is 9.28. The summed E-state index contributed by atoms with van der Waals surface area (Å²) in [7, 11) is 0. The van der Waals surface area contributed by atoms with Gasteiger partial charge in [0, 0.05) is 38.8 Å². The van der Waals surface area contributed by atoms with Gasteiger partial charge >= 0.3 is 0 Å². The Morgan fingerprint density at radius 1 is 1.29 bits per heavy atom. The normalized spacial score (nSPS) is 38.6. The lowest BCUT2D eigenvalue weighted by Crippen LogP contribution is -2.44. The summed E-state index contributed by atoms with van der Waals surface area (Å²) in [5, 5.41) is 0. The van der Waals surface area contributed by atoms with Crippen LogP contribution in [0.4, 0.5) is 0 Å². The second-order valence-corrected chi connectivity index (χ2v) is 4.76.